The normalized spacial score (nSPS) is 11.2. The summed E-state index contributed by atoms with van der Waals surface area (Å²) in [7, 11) is -4.32. The van der Waals surface area contributed by atoms with Gasteiger partial charge in [-0.3, -0.25) is 9.59 Å². The fourth-order valence-electron chi connectivity index (χ4n) is 1.57. The number of nitrogens with one attached hydrogen (secondary N) is 1. The summed E-state index contributed by atoms with van der Waals surface area (Å²) in [5, 5.41) is 2.55. The van der Waals surface area contributed by atoms with E-state index in [2.05, 4.69) is 5.32 Å². The Hall–Kier alpha value is -0.150. The van der Waals surface area contributed by atoms with Gasteiger partial charge in [0.1, 0.15) is 0 Å². The van der Waals surface area contributed by atoms with Gasteiger partial charge in [0, 0.05) is 11.5 Å². The van der Waals surface area contributed by atoms with Crippen molar-refractivity contribution in [3.8, 4) is 0 Å². The molecule has 0 fully saturated rings. The van der Waals surface area contributed by atoms with E-state index in [9.17, 15) is 22.6 Å². The van der Waals surface area contributed by atoms with Crippen LogP contribution in [-0.2, 0) is 24.4 Å². The van der Waals surface area contributed by atoms with Crippen molar-refractivity contribution < 1.29 is 56.9 Å². The van der Waals surface area contributed by atoms with Crippen molar-refractivity contribution in [1.29, 1.82) is 0 Å². The molecule has 9 heteroatoms. The molecule has 0 heterocycles. The molecule has 184 valence electrons. The van der Waals surface area contributed by atoms with Gasteiger partial charge in [-0.1, -0.05) is 64.8 Å². The number of amides is 1. The topological polar surface area (TPSA) is 113 Å². The summed E-state index contributed by atoms with van der Waals surface area (Å²) < 4.78 is 36.4. The summed E-state index contributed by atoms with van der Waals surface area (Å²) in [6, 6.07) is 0. The molecule has 1 N–H and O–H groups in total. The van der Waals surface area contributed by atoms with Gasteiger partial charge in [-0.2, -0.15) is 0 Å². The first-order chi connectivity index (χ1) is 10.8. The Bertz CT molecular complexity index is 496. The van der Waals surface area contributed by atoms with E-state index in [-0.39, 0.29) is 90.4 Å². The van der Waals surface area contributed by atoms with Crippen molar-refractivity contribution in [2.75, 3.05) is 12.4 Å². The van der Waals surface area contributed by atoms with E-state index in [4.69, 9.17) is 4.74 Å². The standard InChI is InChI=1S/C9H19NO4S.C7H14O2.5CH4.Na/c1-5-7(2)8(11)10-9(3,4)6-15(12,13)14;1-4-6(3)7(8)9-5-2;;;;;;/h7H,5-6H2,1-4H3,(H,10,11)(H,12,13,14);6H,4-5H2,1-3H3;5*1H4;/q;;;;;;;+1/p-1. The van der Waals surface area contributed by atoms with Crippen molar-refractivity contribution in [3.63, 3.8) is 0 Å². The zero-order valence-electron chi connectivity index (χ0n) is 16.8. The maximum absolute atomic E-state index is 11.5. The molecular formula is C21H52NNaO6S. The van der Waals surface area contributed by atoms with Gasteiger partial charge in [0.05, 0.1) is 28.4 Å². The van der Waals surface area contributed by atoms with Crippen LogP contribution in [0.1, 0.15) is 98.4 Å². The molecule has 0 spiro atoms. The van der Waals surface area contributed by atoms with Crippen molar-refractivity contribution in [2.24, 2.45) is 11.8 Å². The largest absolute Gasteiger partial charge is 1.00 e. The minimum atomic E-state index is -4.32. The predicted molar refractivity (Wildman–Crippen MR) is 126 cm³/mol. The average molecular weight is 470 g/mol. The molecule has 0 aliphatic carbocycles. The third kappa shape index (κ3) is 30.0. The Morgan fingerprint density at radius 2 is 1.30 bits per heavy atom. The van der Waals surface area contributed by atoms with E-state index in [0.717, 1.165) is 6.42 Å². The van der Waals surface area contributed by atoms with Gasteiger partial charge in [0.2, 0.25) is 5.91 Å². The van der Waals surface area contributed by atoms with E-state index in [1.807, 2.05) is 27.7 Å². The maximum atomic E-state index is 11.5. The van der Waals surface area contributed by atoms with Crippen molar-refractivity contribution >= 4 is 22.0 Å². The number of rotatable bonds is 8. The molecule has 30 heavy (non-hydrogen) atoms. The van der Waals surface area contributed by atoms with E-state index >= 15 is 0 Å². The van der Waals surface area contributed by atoms with Crippen LogP contribution in [0.5, 0.6) is 0 Å². The van der Waals surface area contributed by atoms with Gasteiger partial charge in [-0.25, -0.2) is 8.42 Å². The SMILES string of the molecule is C.C.C.C.C.CCC(C)C(=O)NC(C)(C)CS(=O)(=O)[O-].CCOC(=O)C(C)CC.[Na+]. The minimum Gasteiger partial charge on any atom is -0.748 e. The average Bonchev–Trinajstić information content (AvgIpc) is 2.43. The van der Waals surface area contributed by atoms with E-state index in [1.54, 1.807) is 6.92 Å². The van der Waals surface area contributed by atoms with Crippen LogP contribution < -0.4 is 34.9 Å². The van der Waals surface area contributed by atoms with Gasteiger partial charge in [-0.05, 0) is 33.6 Å². The third-order valence-electron chi connectivity index (χ3n) is 3.36. The van der Waals surface area contributed by atoms with Gasteiger partial charge < -0.3 is 14.6 Å². The third-order valence-corrected chi connectivity index (χ3v) is 4.44. The van der Waals surface area contributed by atoms with Crippen LogP contribution >= 0.6 is 0 Å². The Balaban J connectivity index is -0.0000000482. The molecule has 1 amide bonds. The van der Waals surface area contributed by atoms with Crippen LogP contribution in [0.3, 0.4) is 0 Å². The Kier molecular flexibility index (Phi) is 43.6. The Morgan fingerprint density at radius 3 is 1.57 bits per heavy atom. The van der Waals surface area contributed by atoms with Gasteiger partial charge in [0.15, 0.2) is 0 Å². The second-order valence-electron chi connectivity index (χ2n) is 6.45. The first-order valence-electron chi connectivity index (χ1n) is 8.21. The van der Waals surface area contributed by atoms with Crippen LogP contribution in [0.15, 0.2) is 0 Å². The van der Waals surface area contributed by atoms with Gasteiger partial charge in [0.25, 0.3) is 0 Å². The maximum Gasteiger partial charge on any atom is 1.00 e. The predicted octanol–water partition coefficient (Wildman–Crippen LogP) is 2.25. The zero-order valence-corrected chi connectivity index (χ0v) is 19.7. The van der Waals surface area contributed by atoms with Crippen LogP contribution in [-0.4, -0.2) is 42.7 Å². The molecule has 0 aliphatic heterocycles. The molecule has 0 aromatic heterocycles. The number of carbonyl (C=O) groups is 2. The smallest absolute Gasteiger partial charge is 0.748 e. The summed E-state index contributed by atoms with van der Waals surface area (Å²) in [6.45, 7) is 12.8. The fourth-order valence-corrected chi connectivity index (χ4v) is 2.53. The van der Waals surface area contributed by atoms with Crippen molar-refractivity contribution in [2.45, 2.75) is 104 Å². The molecule has 2 unspecified atom stereocenters. The van der Waals surface area contributed by atoms with E-state index in [1.165, 1.54) is 13.8 Å². The second kappa shape index (κ2) is 25.1. The summed E-state index contributed by atoms with van der Waals surface area (Å²) >= 11 is 0. The Labute approximate surface area is 211 Å². The number of hydrogen-bond acceptors (Lipinski definition) is 6. The number of ether oxygens (including phenoxy) is 1. The molecular weight excluding hydrogens is 417 g/mol. The summed E-state index contributed by atoms with van der Waals surface area (Å²) in [4.78, 5) is 22.2. The fraction of sp³-hybridized carbons (Fsp3) is 0.905. The van der Waals surface area contributed by atoms with Gasteiger partial charge >= 0.3 is 35.5 Å². The van der Waals surface area contributed by atoms with Crippen LogP contribution in [0.4, 0.5) is 0 Å². The molecule has 0 saturated carbocycles. The molecule has 0 bridgehead atoms. The number of esters is 1. The molecule has 0 aromatic carbocycles. The quantitative estimate of drug-likeness (QED) is 0.331. The summed E-state index contributed by atoms with van der Waals surface area (Å²) in [6.07, 6.45) is 1.53. The first kappa shape index (κ1) is 52.0. The zero-order chi connectivity index (χ0) is 19.6. The Morgan fingerprint density at radius 1 is 0.933 bits per heavy atom. The first-order valence-corrected chi connectivity index (χ1v) is 9.79. The molecule has 0 radical (unpaired) electrons. The second-order valence-corrected chi connectivity index (χ2v) is 7.85. The monoisotopic (exact) mass is 469 g/mol. The van der Waals surface area contributed by atoms with Crippen molar-refractivity contribution in [1.82, 2.24) is 5.32 Å². The van der Waals surface area contributed by atoms with Crippen LogP contribution in [0.2, 0.25) is 0 Å². The molecule has 0 rings (SSSR count). The van der Waals surface area contributed by atoms with E-state index < -0.39 is 21.4 Å². The number of hydrogen-bond donors (Lipinski definition) is 1. The molecule has 7 nitrogen and oxygen atoms in total. The molecule has 0 aliphatic rings. The van der Waals surface area contributed by atoms with Gasteiger partial charge in [-0.15, -0.1) is 0 Å². The minimum absolute atomic E-state index is 0. The molecule has 0 aromatic rings. The van der Waals surface area contributed by atoms with Crippen molar-refractivity contribution in [3.05, 3.63) is 0 Å². The molecule has 0 saturated heterocycles. The summed E-state index contributed by atoms with van der Waals surface area (Å²) in [5.74, 6) is -1.03. The van der Waals surface area contributed by atoms with Crippen LogP contribution in [0.25, 0.3) is 0 Å². The molecule has 2 atom stereocenters. The van der Waals surface area contributed by atoms with Crippen LogP contribution in [0, 0.1) is 11.8 Å². The summed E-state index contributed by atoms with van der Waals surface area (Å²) in [5.41, 5.74) is -1.01. The number of carbonyl (C=O) groups excluding carboxylic acids is 2. The van der Waals surface area contributed by atoms with E-state index in [0.29, 0.717) is 13.0 Å².